The molecule has 0 N–H and O–H groups in total. The Kier molecular flexibility index (Phi) is 3.16. The van der Waals surface area contributed by atoms with Crippen LogP contribution in [0, 0.1) is 6.92 Å². The second kappa shape index (κ2) is 5.13. The summed E-state index contributed by atoms with van der Waals surface area (Å²) in [7, 11) is 1.61. The molecule has 0 bridgehead atoms. The molecule has 5 nitrogen and oxygen atoms in total. The van der Waals surface area contributed by atoms with Crippen molar-refractivity contribution in [3.05, 3.63) is 48.2 Å². The van der Waals surface area contributed by atoms with Gasteiger partial charge in [-0.25, -0.2) is 0 Å². The van der Waals surface area contributed by atoms with Gasteiger partial charge < -0.3 is 9.26 Å². The Labute approximate surface area is 116 Å². The van der Waals surface area contributed by atoms with E-state index < -0.39 is 0 Å². The van der Waals surface area contributed by atoms with Gasteiger partial charge in [0, 0.05) is 6.20 Å². The second-order valence-electron chi connectivity index (χ2n) is 4.34. The summed E-state index contributed by atoms with van der Waals surface area (Å²) >= 11 is 0. The first kappa shape index (κ1) is 12.3. The molecule has 2 heterocycles. The lowest BCUT2D eigenvalue weighted by Gasteiger charge is -2.02. The highest BCUT2D eigenvalue weighted by Crippen LogP contribution is 2.29. The first-order valence-electron chi connectivity index (χ1n) is 6.18. The normalized spacial score (nSPS) is 10.5. The predicted molar refractivity (Wildman–Crippen MR) is 74.3 cm³/mol. The molecular weight excluding hydrogens is 254 g/mol. The van der Waals surface area contributed by atoms with Crippen molar-refractivity contribution in [2.45, 2.75) is 6.92 Å². The van der Waals surface area contributed by atoms with Crippen LogP contribution in [0.3, 0.4) is 0 Å². The molecule has 0 radical (unpaired) electrons. The van der Waals surface area contributed by atoms with Crippen LogP contribution in [0.2, 0.25) is 0 Å². The third-order valence-corrected chi connectivity index (χ3v) is 2.91. The van der Waals surface area contributed by atoms with Crippen LogP contribution in [-0.4, -0.2) is 22.2 Å². The first-order chi connectivity index (χ1) is 9.78. The number of nitrogens with zero attached hydrogens (tertiary/aromatic N) is 3. The van der Waals surface area contributed by atoms with Crippen LogP contribution in [0.5, 0.6) is 5.75 Å². The number of hydrogen-bond acceptors (Lipinski definition) is 5. The fraction of sp³-hybridized carbons (Fsp3) is 0.133. The number of para-hydroxylation sites is 1. The van der Waals surface area contributed by atoms with E-state index >= 15 is 0 Å². The largest absolute Gasteiger partial charge is 0.496 e. The molecule has 2 aromatic heterocycles. The highest BCUT2D eigenvalue weighted by atomic mass is 16.5. The quantitative estimate of drug-likeness (QED) is 0.729. The van der Waals surface area contributed by atoms with Crippen LogP contribution in [0.1, 0.15) is 5.56 Å². The zero-order valence-electron chi connectivity index (χ0n) is 11.2. The van der Waals surface area contributed by atoms with Crippen LogP contribution in [0.4, 0.5) is 0 Å². The SMILES string of the molecule is COc1ccccc1-c1nc(-c2cc(C)ccn2)no1. The molecule has 0 atom stereocenters. The van der Waals surface area contributed by atoms with Crippen molar-refractivity contribution in [1.82, 2.24) is 15.1 Å². The van der Waals surface area contributed by atoms with Gasteiger partial charge in [-0.1, -0.05) is 17.3 Å². The van der Waals surface area contributed by atoms with Gasteiger partial charge in [0.05, 0.1) is 12.7 Å². The van der Waals surface area contributed by atoms with E-state index in [1.165, 1.54) is 0 Å². The maximum absolute atomic E-state index is 5.31. The molecule has 3 rings (SSSR count). The molecule has 3 aromatic rings. The third kappa shape index (κ3) is 2.25. The highest BCUT2D eigenvalue weighted by Gasteiger charge is 2.14. The van der Waals surface area contributed by atoms with Gasteiger partial charge in [-0.15, -0.1) is 0 Å². The number of hydrogen-bond donors (Lipinski definition) is 0. The lowest BCUT2D eigenvalue weighted by atomic mass is 10.2. The van der Waals surface area contributed by atoms with E-state index in [1.807, 2.05) is 43.3 Å². The fourth-order valence-corrected chi connectivity index (χ4v) is 1.92. The third-order valence-electron chi connectivity index (χ3n) is 2.91. The van der Waals surface area contributed by atoms with Gasteiger partial charge in [0.1, 0.15) is 11.4 Å². The summed E-state index contributed by atoms with van der Waals surface area (Å²) < 4.78 is 10.6. The van der Waals surface area contributed by atoms with E-state index in [0.717, 1.165) is 11.1 Å². The van der Waals surface area contributed by atoms with Crippen molar-refractivity contribution in [2.75, 3.05) is 7.11 Å². The molecule has 0 aliphatic rings. The van der Waals surface area contributed by atoms with Gasteiger partial charge >= 0.3 is 0 Å². The van der Waals surface area contributed by atoms with Crippen LogP contribution < -0.4 is 4.74 Å². The van der Waals surface area contributed by atoms with Crippen molar-refractivity contribution >= 4 is 0 Å². The van der Waals surface area contributed by atoms with Gasteiger partial charge in [-0.2, -0.15) is 4.98 Å². The molecule has 20 heavy (non-hydrogen) atoms. The van der Waals surface area contributed by atoms with Crippen LogP contribution in [-0.2, 0) is 0 Å². The molecule has 100 valence electrons. The molecular formula is C15H13N3O2. The molecule has 0 spiro atoms. The van der Waals surface area contributed by atoms with Crippen molar-refractivity contribution in [2.24, 2.45) is 0 Å². The average molecular weight is 267 g/mol. The fourth-order valence-electron chi connectivity index (χ4n) is 1.92. The van der Waals surface area contributed by atoms with Crippen LogP contribution in [0.15, 0.2) is 47.1 Å². The topological polar surface area (TPSA) is 61.0 Å². The van der Waals surface area contributed by atoms with Gasteiger partial charge in [-0.3, -0.25) is 4.98 Å². The van der Waals surface area contributed by atoms with E-state index in [9.17, 15) is 0 Å². The molecule has 1 aromatic carbocycles. The minimum absolute atomic E-state index is 0.417. The summed E-state index contributed by atoms with van der Waals surface area (Å²) in [5.41, 5.74) is 2.55. The Morgan fingerprint density at radius 3 is 2.80 bits per heavy atom. The predicted octanol–water partition coefficient (Wildman–Crippen LogP) is 3.12. The summed E-state index contributed by atoms with van der Waals surface area (Å²) in [6, 6.07) is 11.3. The Balaban J connectivity index is 2.02. The number of ether oxygens (including phenoxy) is 1. The standard InChI is InChI=1S/C15H13N3O2/c1-10-7-8-16-12(9-10)14-17-15(20-18-14)11-5-3-4-6-13(11)19-2/h3-9H,1-2H3. The molecule has 0 fully saturated rings. The van der Waals surface area contributed by atoms with Crippen molar-refractivity contribution in [3.63, 3.8) is 0 Å². The molecule has 0 aliphatic carbocycles. The summed E-state index contributed by atoms with van der Waals surface area (Å²) in [6.45, 7) is 1.99. The smallest absolute Gasteiger partial charge is 0.262 e. The number of aryl methyl sites for hydroxylation is 1. The van der Waals surface area contributed by atoms with Gasteiger partial charge in [-0.05, 0) is 36.8 Å². The Hall–Kier alpha value is -2.69. The van der Waals surface area contributed by atoms with Crippen LogP contribution >= 0.6 is 0 Å². The Morgan fingerprint density at radius 2 is 2.00 bits per heavy atom. The number of benzene rings is 1. The maximum Gasteiger partial charge on any atom is 0.262 e. The van der Waals surface area contributed by atoms with Gasteiger partial charge in [0.25, 0.3) is 5.89 Å². The molecule has 5 heteroatoms. The zero-order chi connectivity index (χ0) is 13.9. The van der Waals surface area contributed by atoms with E-state index in [0.29, 0.717) is 23.2 Å². The molecule has 0 amide bonds. The van der Waals surface area contributed by atoms with Crippen molar-refractivity contribution < 1.29 is 9.26 Å². The van der Waals surface area contributed by atoms with Crippen molar-refractivity contribution in [1.29, 1.82) is 0 Å². The van der Waals surface area contributed by atoms with E-state index in [-0.39, 0.29) is 0 Å². The minimum Gasteiger partial charge on any atom is -0.496 e. The number of methoxy groups -OCH3 is 1. The molecule has 0 unspecified atom stereocenters. The van der Waals surface area contributed by atoms with Gasteiger partial charge in [0.15, 0.2) is 0 Å². The first-order valence-corrected chi connectivity index (χ1v) is 6.18. The number of aromatic nitrogens is 3. The lowest BCUT2D eigenvalue weighted by Crippen LogP contribution is -1.88. The molecule has 0 saturated carbocycles. The Bertz CT molecular complexity index is 737. The number of rotatable bonds is 3. The summed E-state index contributed by atoms with van der Waals surface area (Å²) in [4.78, 5) is 8.62. The molecule has 0 aliphatic heterocycles. The molecule has 0 saturated heterocycles. The monoisotopic (exact) mass is 267 g/mol. The summed E-state index contributed by atoms with van der Waals surface area (Å²) in [6.07, 6.45) is 1.73. The van der Waals surface area contributed by atoms with E-state index in [2.05, 4.69) is 15.1 Å². The van der Waals surface area contributed by atoms with Crippen molar-refractivity contribution in [3.8, 4) is 28.7 Å². The van der Waals surface area contributed by atoms with Gasteiger partial charge in [0.2, 0.25) is 5.82 Å². The number of pyridine rings is 1. The summed E-state index contributed by atoms with van der Waals surface area (Å²) in [5, 5.41) is 3.98. The van der Waals surface area contributed by atoms with E-state index in [4.69, 9.17) is 9.26 Å². The van der Waals surface area contributed by atoms with Crippen LogP contribution in [0.25, 0.3) is 23.0 Å². The minimum atomic E-state index is 0.417. The summed E-state index contributed by atoms with van der Waals surface area (Å²) in [5.74, 6) is 1.58. The Morgan fingerprint density at radius 1 is 1.15 bits per heavy atom. The second-order valence-corrected chi connectivity index (χ2v) is 4.34. The van der Waals surface area contributed by atoms with E-state index in [1.54, 1.807) is 13.3 Å². The zero-order valence-corrected chi connectivity index (χ0v) is 11.2. The lowest BCUT2D eigenvalue weighted by molar-refractivity contribution is 0.405. The highest BCUT2D eigenvalue weighted by molar-refractivity contribution is 5.64. The maximum atomic E-state index is 5.31. The average Bonchev–Trinajstić information content (AvgIpc) is 2.97.